The van der Waals surface area contributed by atoms with Crippen LogP contribution in [0.15, 0.2) is 21.0 Å². The minimum Gasteiger partial charge on any atom is -0.453 e. The Bertz CT molecular complexity index is 511. The smallest absolute Gasteiger partial charge is 0.185 e. The fraction of sp³-hybridized carbons (Fsp3) is 0.182. The van der Waals surface area contributed by atoms with Gasteiger partial charge in [-0.1, -0.05) is 15.9 Å². The number of benzene rings is 1. The van der Waals surface area contributed by atoms with Crippen molar-refractivity contribution in [3.63, 3.8) is 0 Å². The third-order valence-corrected chi connectivity index (χ3v) is 2.79. The van der Waals surface area contributed by atoms with Gasteiger partial charge in [-0.15, -0.1) is 0 Å². The highest BCUT2D eigenvalue weighted by molar-refractivity contribution is 9.10. The first kappa shape index (κ1) is 9.46. The monoisotopic (exact) mass is 252 g/mol. The van der Waals surface area contributed by atoms with Gasteiger partial charge in [-0.2, -0.15) is 0 Å². The number of carbonyl (C=O) groups is 1. The van der Waals surface area contributed by atoms with Crippen LogP contribution in [0.5, 0.6) is 0 Å². The van der Waals surface area contributed by atoms with Gasteiger partial charge < -0.3 is 4.42 Å². The molecule has 0 N–H and O–H groups in total. The topological polar surface area (TPSA) is 30.2 Å². The van der Waals surface area contributed by atoms with Gasteiger partial charge >= 0.3 is 0 Å². The number of furan rings is 1. The molecule has 72 valence electrons. The van der Waals surface area contributed by atoms with Crippen molar-refractivity contribution in [2.45, 2.75) is 13.8 Å². The third kappa shape index (κ3) is 1.28. The summed E-state index contributed by atoms with van der Waals surface area (Å²) in [6.07, 6.45) is 0.753. The van der Waals surface area contributed by atoms with E-state index in [4.69, 9.17) is 4.42 Å². The molecule has 14 heavy (non-hydrogen) atoms. The summed E-state index contributed by atoms with van der Waals surface area (Å²) < 4.78 is 6.45. The maximum Gasteiger partial charge on any atom is 0.185 e. The van der Waals surface area contributed by atoms with Gasteiger partial charge in [0.2, 0.25) is 0 Å². The zero-order valence-electron chi connectivity index (χ0n) is 7.93. The highest BCUT2D eigenvalue weighted by Crippen LogP contribution is 2.29. The Morgan fingerprint density at radius 3 is 2.71 bits per heavy atom. The van der Waals surface area contributed by atoms with E-state index >= 15 is 0 Å². The van der Waals surface area contributed by atoms with Crippen LogP contribution in [0.2, 0.25) is 0 Å². The van der Waals surface area contributed by atoms with Crippen molar-refractivity contribution in [1.29, 1.82) is 0 Å². The van der Waals surface area contributed by atoms with Crippen LogP contribution in [0.3, 0.4) is 0 Å². The summed E-state index contributed by atoms with van der Waals surface area (Å²) in [6.45, 7) is 3.85. The number of hydrogen-bond donors (Lipinski definition) is 0. The standard InChI is InChI=1S/C11H9BrO2/c1-6-3-8(12)4-9-7(2)10(5-13)14-11(6)9/h3-5H,1-2H3. The Balaban J connectivity index is 2.91. The van der Waals surface area contributed by atoms with E-state index in [9.17, 15) is 4.79 Å². The number of aldehydes is 1. The summed E-state index contributed by atoms with van der Waals surface area (Å²) in [5, 5.41) is 0.999. The fourth-order valence-corrected chi connectivity index (χ4v) is 2.15. The summed E-state index contributed by atoms with van der Waals surface area (Å²) in [4.78, 5) is 10.7. The van der Waals surface area contributed by atoms with Crippen LogP contribution in [-0.4, -0.2) is 6.29 Å². The second-order valence-electron chi connectivity index (χ2n) is 3.31. The third-order valence-electron chi connectivity index (χ3n) is 2.33. The van der Waals surface area contributed by atoms with Crippen LogP contribution in [0.25, 0.3) is 11.0 Å². The lowest BCUT2D eigenvalue weighted by Crippen LogP contribution is -1.77. The molecule has 1 aromatic carbocycles. The Morgan fingerprint density at radius 2 is 2.07 bits per heavy atom. The van der Waals surface area contributed by atoms with E-state index < -0.39 is 0 Å². The van der Waals surface area contributed by atoms with Crippen molar-refractivity contribution >= 4 is 33.2 Å². The molecule has 1 heterocycles. The molecule has 0 bridgehead atoms. The van der Waals surface area contributed by atoms with Gasteiger partial charge in [-0.3, -0.25) is 4.79 Å². The molecule has 0 atom stereocenters. The summed E-state index contributed by atoms with van der Waals surface area (Å²) in [7, 11) is 0. The largest absolute Gasteiger partial charge is 0.453 e. The molecule has 3 heteroatoms. The van der Waals surface area contributed by atoms with Crippen molar-refractivity contribution in [1.82, 2.24) is 0 Å². The zero-order valence-corrected chi connectivity index (χ0v) is 9.51. The highest BCUT2D eigenvalue weighted by Gasteiger charge is 2.11. The van der Waals surface area contributed by atoms with Crippen molar-refractivity contribution in [2.75, 3.05) is 0 Å². The van der Waals surface area contributed by atoms with E-state index in [1.165, 1.54) is 0 Å². The molecular formula is C11H9BrO2. The van der Waals surface area contributed by atoms with E-state index in [1.807, 2.05) is 26.0 Å². The second-order valence-corrected chi connectivity index (χ2v) is 4.22. The Hall–Kier alpha value is -1.09. The molecule has 0 radical (unpaired) electrons. The lowest BCUT2D eigenvalue weighted by Gasteiger charge is -1.96. The number of halogens is 1. The van der Waals surface area contributed by atoms with Crippen LogP contribution in [0.1, 0.15) is 21.7 Å². The number of aryl methyl sites for hydroxylation is 2. The van der Waals surface area contributed by atoms with Gasteiger partial charge in [0.1, 0.15) is 5.58 Å². The normalized spacial score (nSPS) is 10.8. The van der Waals surface area contributed by atoms with Gasteiger partial charge in [0.25, 0.3) is 0 Å². The van der Waals surface area contributed by atoms with Crippen molar-refractivity contribution in [2.24, 2.45) is 0 Å². The molecule has 0 saturated carbocycles. The van der Waals surface area contributed by atoms with E-state index in [0.717, 1.165) is 32.9 Å². The van der Waals surface area contributed by atoms with E-state index in [0.29, 0.717) is 5.76 Å². The lowest BCUT2D eigenvalue weighted by atomic mass is 10.1. The first-order valence-electron chi connectivity index (χ1n) is 4.28. The highest BCUT2D eigenvalue weighted by atomic mass is 79.9. The molecule has 2 aromatic rings. The van der Waals surface area contributed by atoms with Crippen molar-refractivity contribution in [3.05, 3.63) is 33.5 Å². The van der Waals surface area contributed by atoms with Gasteiger partial charge in [-0.25, -0.2) is 0 Å². The van der Waals surface area contributed by atoms with E-state index in [1.54, 1.807) is 0 Å². The summed E-state index contributed by atoms with van der Waals surface area (Å²) in [6, 6.07) is 3.94. The SMILES string of the molecule is Cc1c(C=O)oc2c(C)cc(Br)cc12. The van der Waals surface area contributed by atoms with Crippen LogP contribution >= 0.6 is 15.9 Å². The molecule has 0 spiro atoms. The van der Waals surface area contributed by atoms with E-state index in [-0.39, 0.29) is 0 Å². The second kappa shape index (κ2) is 3.24. The average Bonchev–Trinajstić information content (AvgIpc) is 2.44. The summed E-state index contributed by atoms with van der Waals surface area (Å²) in [5.74, 6) is 0.418. The molecule has 0 aliphatic carbocycles. The first-order chi connectivity index (χ1) is 6.63. The molecule has 1 aromatic heterocycles. The van der Waals surface area contributed by atoms with Crippen molar-refractivity contribution < 1.29 is 9.21 Å². The quantitative estimate of drug-likeness (QED) is 0.726. The van der Waals surface area contributed by atoms with Crippen molar-refractivity contribution in [3.8, 4) is 0 Å². The Kier molecular flexibility index (Phi) is 2.19. The average molecular weight is 253 g/mol. The minimum atomic E-state index is 0.418. The summed E-state index contributed by atoms with van der Waals surface area (Å²) in [5.41, 5.74) is 2.73. The Labute approximate surface area is 90.0 Å². The predicted molar refractivity (Wildman–Crippen MR) is 58.8 cm³/mol. The lowest BCUT2D eigenvalue weighted by molar-refractivity contribution is 0.110. The number of carbonyl (C=O) groups excluding carboxylic acids is 1. The molecule has 2 nitrogen and oxygen atoms in total. The van der Waals surface area contributed by atoms with Gasteiger partial charge in [0.15, 0.2) is 12.0 Å². The molecule has 2 rings (SSSR count). The molecule has 0 fully saturated rings. The van der Waals surface area contributed by atoms with E-state index in [2.05, 4.69) is 15.9 Å². The van der Waals surface area contributed by atoms with Crippen LogP contribution in [0, 0.1) is 13.8 Å². The van der Waals surface area contributed by atoms with Gasteiger partial charge in [-0.05, 0) is 31.5 Å². The number of hydrogen-bond acceptors (Lipinski definition) is 2. The molecule has 0 unspecified atom stereocenters. The molecule has 0 saturated heterocycles. The van der Waals surface area contributed by atoms with Gasteiger partial charge in [0, 0.05) is 15.4 Å². The maximum absolute atomic E-state index is 10.7. The van der Waals surface area contributed by atoms with Crippen LogP contribution < -0.4 is 0 Å². The molecule has 0 aliphatic rings. The minimum absolute atomic E-state index is 0.418. The number of fused-ring (bicyclic) bond motifs is 1. The predicted octanol–water partition coefficient (Wildman–Crippen LogP) is 3.62. The van der Waals surface area contributed by atoms with Gasteiger partial charge in [0.05, 0.1) is 0 Å². The zero-order chi connectivity index (χ0) is 10.3. The first-order valence-corrected chi connectivity index (χ1v) is 5.07. The summed E-state index contributed by atoms with van der Waals surface area (Å²) >= 11 is 3.42. The Morgan fingerprint density at radius 1 is 1.36 bits per heavy atom. The number of rotatable bonds is 1. The maximum atomic E-state index is 10.7. The molecular weight excluding hydrogens is 244 g/mol. The van der Waals surface area contributed by atoms with Crippen LogP contribution in [-0.2, 0) is 0 Å². The molecule has 0 amide bonds. The molecule has 0 aliphatic heterocycles. The van der Waals surface area contributed by atoms with Crippen LogP contribution in [0.4, 0.5) is 0 Å². The fourth-order valence-electron chi connectivity index (χ4n) is 1.58.